The first-order valence-corrected chi connectivity index (χ1v) is 7.02. The predicted molar refractivity (Wildman–Crippen MR) is 81.8 cm³/mol. The van der Waals surface area contributed by atoms with Crippen LogP contribution in [0, 0.1) is 19.3 Å². The van der Waals surface area contributed by atoms with Crippen molar-refractivity contribution in [3.8, 4) is 0 Å². The zero-order valence-electron chi connectivity index (χ0n) is 12.3. The van der Waals surface area contributed by atoms with Crippen molar-refractivity contribution in [2.45, 2.75) is 33.2 Å². The Kier molecular flexibility index (Phi) is 3.32. The molecule has 0 fully saturated rings. The summed E-state index contributed by atoms with van der Waals surface area (Å²) in [7, 11) is 0. The number of H-pyrrole nitrogens is 1. The molecule has 1 aliphatic heterocycles. The Morgan fingerprint density at radius 3 is 2.90 bits per heavy atom. The number of aromatic nitrogens is 4. The Hall–Kier alpha value is -2.44. The van der Waals surface area contributed by atoms with Crippen LogP contribution < -0.4 is 10.6 Å². The minimum atomic E-state index is 0.362. The molecule has 3 rings (SSSR count). The third-order valence-electron chi connectivity index (χ3n) is 3.86. The maximum Gasteiger partial charge on any atom is 0.143 e. The van der Waals surface area contributed by atoms with Crippen LogP contribution in [0.5, 0.6) is 0 Å². The van der Waals surface area contributed by atoms with Gasteiger partial charge in [0.15, 0.2) is 0 Å². The number of nitrogens with one attached hydrogen (secondary N) is 2. The summed E-state index contributed by atoms with van der Waals surface area (Å²) in [6, 6.07) is 0. The molecule has 0 aliphatic carbocycles. The first-order valence-electron chi connectivity index (χ1n) is 7.02. The highest BCUT2D eigenvalue weighted by atomic mass is 15.2. The molecule has 3 heterocycles. The SMILES string of the molecule is Cc1nc(N)c(C=N)c(N2CCCc3n[nH]c(C)c3C2)n1. The van der Waals surface area contributed by atoms with Gasteiger partial charge in [-0.3, -0.25) is 5.10 Å². The molecule has 7 heteroatoms. The molecule has 0 saturated carbocycles. The molecule has 0 atom stereocenters. The average Bonchev–Trinajstić information content (AvgIpc) is 2.68. The molecule has 21 heavy (non-hydrogen) atoms. The third kappa shape index (κ3) is 2.35. The second kappa shape index (κ2) is 5.16. The van der Waals surface area contributed by atoms with Crippen LogP contribution in [0.1, 0.15) is 34.8 Å². The van der Waals surface area contributed by atoms with E-state index in [4.69, 9.17) is 11.1 Å². The lowest BCUT2D eigenvalue weighted by Crippen LogP contribution is -2.26. The van der Waals surface area contributed by atoms with Crippen LogP contribution in [-0.4, -0.2) is 32.9 Å². The molecule has 4 N–H and O–H groups in total. The Morgan fingerprint density at radius 1 is 1.33 bits per heavy atom. The van der Waals surface area contributed by atoms with Gasteiger partial charge in [0.2, 0.25) is 0 Å². The van der Waals surface area contributed by atoms with Crippen LogP contribution in [0.25, 0.3) is 0 Å². The third-order valence-corrected chi connectivity index (χ3v) is 3.86. The fourth-order valence-corrected chi connectivity index (χ4v) is 2.77. The normalized spacial score (nSPS) is 14.7. The lowest BCUT2D eigenvalue weighted by atomic mass is 10.1. The number of rotatable bonds is 2. The molecule has 0 spiro atoms. The summed E-state index contributed by atoms with van der Waals surface area (Å²) in [5.41, 5.74) is 9.96. The lowest BCUT2D eigenvalue weighted by Gasteiger charge is -2.24. The maximum absolute atomic E-state index is 7.60. The van der Waals surface area contributed by atoms with Gasteiger partial charge in [-0.25, -0.2) is 9.97 Å². The van der Waals surface area contributed by atoms with E-state index in [1.165, 1.54) is 11.8 Å². The van der Waals surface area contributed by atoms with Crippen molar-refractivity contribution in [2.75, 3.05) is 17.2 Å². The van der Waals surface area contributed by atoms with E-state index in [1.54, 1.807) is 0 Å². The topological polar surface area (TPSA) is 108 Å². The highest BCUT2D eigenvalue weighted by Gasteiger charge is 2.22. The van der Waals surface area contributed by atoms with Gasteiger partial charge < -0.3 is 16.0 Å². The molecule has 0 saturated heterocycles. The summed E-state index contributed by atoms with van der Waals surface area (Å²) in [6.07, 6.45) is 3.19. The van der Waals surface area contributed by atoms with Crippen molar-refractivity contribution in [2.24, 2.45) is 0 Å². The van der Waals surface area contributed by atoms with E-state index in [2.05, 4.69) is 25.1 Å². The fourth-order valence-electron chi connectivity index (χ4n) is 2.77. The van der Waals surface area contributed by atoms with Crippen LogP contribution >= 0.6 is 0 Å². The number of nitrogen functional groups attached to an aromatic ring is 1. The molecule has 7 nitrogen and oxygen atoms in total. The van der Waals surface area contributed by atoms with E-state index in [-0.39, 0.29) is 0 Å². The second-order valence-corrected chi connectivity index (χ2v) is 5.34. The zero-order valence-corrected chi connectivity index (χ0v) is 12.3. The highest BCUT2D eigenvalue weighted by Crippen LogP contribution is 2.27. The van der Waals surface area contributed by atoms with E-state index in [0.717, 1.165) is 43.1 Å². The van der Waals surface area contributed by atoms with E-state index in [0.29, 0.717) is 17.2 Å². The first kappa shape index (κ1) is 13.5. The average molecular weight is 285 g/mol. The maximum atomic E-state index is 7.60. The van der Waals surface area contributed by atoms with Crippen molar-refractivity contribution in [3.05, 3.63) is 28.3 Å². The Balaban J connectivity index is 2.05. The summed E-state index contributed by atoms with van der Waals surface area (Å²) in [5, 5.41) is 15.0. The molecule has 2 aromatic heterocycles. The Bertz CT molecular complexity index is 689. The molecule has 0 amide bonds. The van der Waals surface area contributed by atoms with Crippen LogP contribution in [-0.2, 0) is 13.0 Å². The molecule has 0 aromatic carbocycles. The number of aryl methyl sites for hydroxylation is 3. The largest absolute Gasteiger partial charge is 0.383 e. The van der Waals surface area contributed by atoms with E-state index in [1.807, 2.05) is 13.8 Å². The number of nitrogens with two attached hydrogens (primary N) is 1. The van der Waals surface area contributed by atoms with Gasteiger partial charge in [-0.05, 0) is 26.7 Å². The molecule has 110 valence electrons. The minimum Gasteiger partial charge on any atom is -0.383 e. The van der Waals surface area contributed by atoms with Crippen LogP contribution in [0.2, 0.25) is 0 Å². The van der Waals surface area contributed by atoms with Crippen LogP contribution in [0.15, 0.2) is 0 Å². The van der Waals surface area contributed by atoms with Gasteiger partial charge in [0, 0.05) is 30.6 Å². The van der Waals surface area contributed by atoms with E-state index in [9.17, 15) is 0 Å². The predicted octanol–water partition coefficient (Wildman–Crippen LogP) is 1.35. The van der Waals surface area contributed by atoms with Crippen molar-refractivity contribution >= 4 is 17.9 Å². The smallest absolute Gasteiger partial charge is 0.143 e. The van der Waals surface area contributed by atoms with Gasteiger partial charge in [-0.15, -0.1) is 0 Å². The molecular formula is C14H19N7. The second-order valence-electron chi connectivity index (χ2n) is 5.34. The lowest BCUT2D eigenvalue weighted by molar-refractivity contribution is 0.738. The van der Waals surface area contributed by atoms with Gasteiger partial charge >= 0.3 is 0 Å². The molecule has 0 radical (unpaired) electrons. The van der Waals surface area contributed by atoms with Gasteiger partial charge in [-0.1, -0.05) is 0 Å². The summed E-state index contributed by atoms with van der Waals surface area (Å²) in [6.45, 7) is 5.45. The van der Waals surface area contributed by atoms with Gasteiger partial charge in [0.25, 0.3) is 0 Å². The minimum absolute atomic E-state index is 0.362. The molecule has 0 bridgehead atoms. The van der Waals surface area contributed by atoms with Crippen LogP contribution in [0.3, 0.4) is 0 Å². The van der Waals surface area contributed by atoms with Crippen LogP contribution in [0.4, 0.5) is 11.6 Å². The number of fused-ring (bicyclic) bond motifs is 1. The summed E-state index contributed by atoms with van der Waals surface area (Å²) in [5.74, 6) is 1.73. The van der Waals surface area contributed by atoms with E-state index >= 15 is 0 Å². The van der Waals surface area contributed by atoms with Gasteiger partial charge in [0.05, 0.1) is 11.3 Å². The number of anilines is 2. The quantitative estimate of drug-likeness (QED) is 0.722. The van der Waals surface area contributed by atoms with Crippen molar-refractivity contribution in [1.29, 1.82) is 5.41 Å². The number of hydrogen-bond acceptors (Lipinski definition) is 6. The zero-order chi connectivity index (χ0) is 15.0. The van der Waals surface area contributed by atoms with Crippen molar-refractivity contribution in [3.63, 3.8) is 0 Å². The molecule has 2 aromatic rings. The van der Waals surface area contributed by atoms with Gasteiger partial charge in [-0.2, -0.15) is 5.10 Å². The number of aromatic amines is 1. The standard InChI is InChI=1S/C14H19N7/c1-8-11-7-21(5-3-4-12(11)20-19-8)14-10(6-15)13(16)17-9(2)18-14/h6,15H,3-5,7H2,1-2H3,(H,19,20)(H2,16,17,18). The number of nitrogens with zero attached hydrogens (tertiary/aromatic N) is 4. The Morgan fingerprint density at radius 2 is 2.14 bits per heavy atom. The molecule has 0 unspecified atom stereocenters. The van der Waals surface area contributed by atoms with Crippen molar-refractivity contribution < 1.29 is 0 Å². The van der Waals surface area contributed by atoms with E-state index < -0.39 is 0 Å². The van der Waals surface area contributed by atoms with Crippen molar-refractivity contribution in [1.82, 2.24) is 20.2 Å². The van der Waals surface area contributed by atoms with Gasteiger partial charge in [0.1, 0.15) is 17.5 Å². The number of hydrogen-bond donors (Lipinski definition) is 3. The monoisotopic (exact) mass is 285 g/mol. The highest BCUT2D eigenvalue weighted by molar-refractivity contribution is 5.90. The summed E-state index contributed by atoms with van der Waals surface area (Å²) >= 11 is 0. The molecule has 1 aliphatic rings. The summed E-state index contributed by atoms with van der Waals surface area (Å²) in [4.78, 5) is 10.8. The fraction of sp³-hybridized carbons (Fsp3) is 0.429. The summed E-state index contributed by atoms with van der Waals surface area (Å²) < 4.78 is 0. The first-order chi connectivity index (χ1) is 10.1. The molecular weight excluding hydrogens is 266 g/mol. The Labute approximate surface area is 123 Å².